The Hall–Kier alpha value is -1.85. The first kappa shape index (κ1) is 22.8. The molecular weight excluding hydrogens is 376 g/mol. The van der Waals surface area contributed by atoms with Crippen molar-refractivity contribution >= 4 is 22.4 Å². The van der Waals surface area contributed by atoms with Crippen LogP contribution in [-0.4, -0.2) is 47.3 Å². The highest BCUT2D eigenvalue weighted by atomic mass is 16.3. The Bertz CT molecular complexity index is 842. The molecule has 2 atom stereocenters. The number of ketones is 1. The Balaban J connectivity index is 1.93. The lowest BCUT2D eigenvalue weighted by Gasteiger charge is -2.32. The zero-order valence-electron chi connectivity index (χ0n) is 18.8. The SMILES string of the molecule is CC(C)[C@H]1C(=O)C[C@H](CO)Cc2c[nH]c3c(CCCCCCCO)ccc(c23)N1C. The molecule has 0 bridgehead atoms. The van der Waals surface area contributed by atoms with Crippen LogP contribution in [0.25, 0.3) is 10.9 Å². The number of nitrogens with one attached hydrogen (secondary N) is 1. The molecule has 3 rings (SSSR count). The number of aromatic amines is 1. The van der Waals surface area contributed by atoms with Crippen molar-refractivity contribution in [1.29, 1.82) is 0 Å². The number of benzene rings is 1. The molecule has 0 amide bonds. The molecule has 1 aromatic heterocycles. The molecular formula is C25H38N2O3. The molecule has 5 nitrogen and oxygen atoms in total. The first-order valence-corrected chi connectivity index (χ1v) is 11.6. The number of Topliss-reactive ketones (excluding diaryl/α,β-unsaturated/α-hetero) is 1. The minimum Gasteiger partial charge on any atom is -0.396 e. The maximum Gasteiger partial charge on any atom is 0.155 e. The number of aliphatic hydroxyl groups excluding tert-OH is 2. The van der Waals surface area contributed by atoms with Crippen LogP contribution in [0.1, 0.15) is 63.5 Å². The summed E-state index contributed by atoms with van der Waals surface area (Å²) in [5, 5.41) is 20.1. The Labute approximate surface area is 180 Å². The fraction of sp³-hybridized carbons (Fsp3) is 0.640. The number of H-pyrrole nitrogens is 1. The van der Waals surface area contributed by atoms with Gasteiger partial charge in [0.05, 0.1) is 11.6 Å². The lowest BCUT2D eigenvalue weighted by atomic mass is 9.90. The Morgan fingerprint density at radius 3 is 2.53 bits per heavy atom. The minimum atomic E-state index is -0.180. The van der Waals surface area contributed by atoms with Gasteiger partial charge in [-0.3, -0.25) is 4.79 Å². The standard InChI is InChI=1S/C25H38N2O3/c1-17(2)25-22(30)14-18(16-29)13-20-15-26-24-19(9-7-5-4-6-8-12-28)10-11-21(23(20)24)27(25)3/h10-11,15,17-18,25-26,28-29H,4-9,12-14,16H2,1-3H3/t18-,25+/m1/s1. The van der Waals surface area contributed by atoms with E-state index in [1.807, 2.05) is 7.05 Å². The lowest BCUT2D eigenvalue weighted by Crippen LogP contribution is -2.43. The molecule has 3 N–H and O–H groups in total. The first-order valence-electron chi connectivity index (χ1n) is 11.6. The van der Waals surface area contributed by atoms with Gasteiger partial charge >= 0.3 is 0 Å². The van der Waals surface area contributed by atoms with Crippen molar-refractivity contribution in [3.63, 3.8) is 0 Å². The molecule has 0 aliphatic carbocycles. The molecule has 166 valence electrons. The second kappa shape index (κ2) is 10.5. The molecule has 2 heterocycles. The molecule has 1 aliphatic heterocycles. The van der Waals surface area contributed by atoms with Crippen LogP contribution in [-0.2, 0) is 17.6 Å². The molecule has 0 spiro atoms. The van der Waals surface area contributed by atoms with E-state index in [4.69, 9.17) is 5.11 Å². The number of aliphatic hydroxyl groups is 2. The van der Waals surface area contributed by atoms with E-state index >= 15 is 0 Å². The van der Waals surface area contributed by atoms with Crippen LogP contribution in [0.4, 0.5) is 5.69 Å². The van der Waals surface area contributed by atoms with Gasteiger partial charge in [0.1, 0.15) is 0 Å². The van der Waals surface area contributed by atoms with Gasteiger partial charge < -0.3 is 20.1 Å². The summed E-state index contributed by atoms with van der Waals surface area (Å²) in [5.41, 5.74) is 4.81. The number of hydrogen-bond donors (Lipinski definition) is 3. The van der Waals surface area contributed by atoms with E-state index in [1.165, 1.54) is 28.5 Å². The lowest BCUT2D eigenvalue weighted by molar-refractivity contribution is -0.122. The van der Waals surface area contributed by atoms with E-state index in [9.17, 15) is 9.90 Å². The van der Waals surface area contributed by atoms with Crippen LogP contribution in [0.3, 0.4) is 0 Å². The highest BCUT2D eigenvalue weighted by Gasteiger charge is 2.32. The van der Waals surface area contributed by atoms with Gasteiger partial charge in [0.25, 0.3) is 0 Å². The summed E-state index contributed by atoms with van der Waals surface area (Å²) in [4.78, 5) is 18.8. The van der Waals surface area contributed by atoms with E-state index < -0.39 is 0 Å². The van der Waals surface area contributed by atoms with Crippen molar-refractivity contribution in [2.45, 2.75) is 71.3 Å². The normalized spacial score (nSPS) is 19.9. The number of nitrogens with zero attached hydrogens (tertiary/aromatic N) is 1. The first-order chi connectivity index (χ1) is 14.5. The van der Waals surface area contributed by atoms with Crippen molar-refractivity contribution in [2.75, 3.05) is 25.2 Å². The third-order valence-corrected chi connectivity index (χ3v) is 6.60. The van der Waals surface area contributed by atoms with Gasteiger partial charge in [-0.1, -0.05) is 39.2 Å². The van der Waals surface area contributed by atoms with Crippen molar-refractivity contribution in [2.24, 2.45) is 11.8 Å². The monoisotopic (exact) mass is 414 g/mol. The van der Waals surface area contributed by atoms with E-state index in [0.717, 1.165) is 44.2 Å². The predicted octanol–water partition coefficient (Wildman–Crippen LogP) is 4.24. The molecule has 2 aromatic rings. The van der Waals surface area contributed by atoms with Crippen molar-refractivity contribution in [1.82, 2.24) is 4.98 Å². The van der Waals surface area contributed by atoms with E-state index in [0.29, 0.717) is 6.42 Å². The molecule has 0 unspecified atom stereocenters. The fourth-order valence-electron chi connectivity index (χ4n) is 5.08. The maximum atomic E-state index is 13.1. The highest BCUT2D eigenvalue weighted by Crippen LogP contribution is 2.37. The van der Waals surface area contributed by atoms with Crippen molar-refractivity contribution in [3.05, 3.63) is 29.5 Å². The van der Waals surface area contributed by atoms with Crippen LogP contribution in [0, 0.1) is 11.8 Å². The topological polar surface area (TPSA) is 76.6 Å². The zero-order chi connectivity index (χ0) is 21.7. The Morgan fingerprint density at radius 2 is 1.83 bits per heavy atom. The number of carbonyl (C=O) groups is 1. The summed E-state index contributed by atoms with van der Waals surface area (Å²) in [6.45, 7) is 4.53. The zero-order valence-corrected chi connectivity index (χ0v) is 18.8. The van der Waals surface area contributed by atoms with Gasteiger partial charge in [-0.2, -0.15) is 0 Å². The number of aromatic nitrogens is 1. The van der Waals surface area contributed by atoms with E-state index in [-0.39, 0.29) is 36.9 Å². The molecule has 5 heteroatoms. The summed E-state index contributed by atoms with van der Waals surface area (Å²) >= 11 is 0. The summed E-state index contributed by atoms with van der Waals surface area (Å²) in [6, 6.07) is 4.22. The minimum absolute atomic E-state index is 0.0349. The molecule has 0 saturated heterocycles. The third kappa shape index (κ3) is 4.89. The van der Waals surface area contributed by atoms with Crippen LogP contribution in [0.15, 0.2) is 18.3 Å². The number of hydrogen-bond acceptors (Lipinski definition) is 4. The highest BCUT2D eigenvalue weighted by molar-refractivity contribution is 6.00. The van der Waals surface area contributed by atoms with Gasteiger partial charge in [0, 0.05) is 44.0 Å². The average Bonchev–Trinajstić information content (AvgIpc) is 3.14. The number of aryl methyl sites for hydroxylation is 1. The second-order valence-electron chi connectivity index (χ2n) is 9.27. The van der Waals surface area contributed by atoms with Gasteiger partial charge in [-0.25, -0.2) is 0 Å². The van der Waals surface area contributed by atoms with Gasteiger partial charge in [-0.05, 0) is 54.7 Å². The molecule has 0 saturated carbocycles. The molecule has 30 heavy (non-hydrogen) atoms. The second-order valence-corrected chi connectivity index (χ2v) is 9.27. The largest absolute Gasteiger partial charge is 0.396 e. The predicted molar refractivity (Wildman–Crippen MR) is 123 cm³/mol. The smallest absolute Gasteiger partial charge is 0.155 e. The summed E-state index contributed by atoms with van der Waals surface area (Å²) in [7, 11) is 2.04. The van der Waals surface area contributed by atoms with Crippen molar-refractivity contribution in [3.8, 4) is 0 Å². The number of rotatable bonds is 9. The molecule has 1 aliphatic rings. The van der Waals surface area contributed by atoms with E-state index in [2.05, 4.69) is 42.1 Å². The average molecular weight is 415 g/mol. The van der Waals surface area contributed by atoms with E-state index in [1.54, 1.807) is 0 Å². The number of likely N-dealkylation sites (N-methyl/N-ethyl adjacent to an activating group) is 1. The van der Waals surface area contributed by atoms with Gasteiger partial charge in [0.2, 0.25) is 0 Å². The summed E-state index contributed by atoms with van der Waals surface area (Å²) in [6.07, 6.45) is 9.71. The summed E-state index contributed by atoms with van der Waals surface area (Å²) in [5.74, 6) is 0.393. The fourth-order valence-corrected chi connectivity index (χ4v) is 5.08. The Kier molecular flexibility index (Phi) is 7.95. The molecule has 1 aromatic carbocycles. The number of unbranched alkanes of at least 4 members (excludes halogenated alkanes) is 4. The van der Waals surface area contributed by atoms with Crippen LogP contribution in [0.2, 0.25) is 0 Å². The molecule has 0 fully saturated rings. The number of carbonyl (C=O) groups excluding carboxylic acids is 1. The van der Waals surface area contributed by atoms with Crippen LogP contribution in [0.5, 0.6) is 0 Å². The van der Waals surface area contributed by atoms with Crippen molar-refractivity contribution < 1.29 is 15.0 Å². The maximum absolute atomic E-state index is 13.1. The quantitative estimate of drug-likeness (QED) is 0.537. The van der Waals surface area contributed by atoms with Gasteiger partial charge in [-0.15, -0.1) is 0 Å². The number of anilines is 1. The Morgan fingerprint density at radius 1 is 1.10 bits per heavy atom. The van der Waals surface area contributed by atoms with Crippen LogP contribution >= 0.6 is 0 Å². The third-order valence-electron chi connectivity index (χ3n) is 6.60. The van der Waals surface area contributed by atoms with Crippen LogP contribution < -0.4 is 4.90 Å². The summed E-state index contributed by atoms with van der Waals surface area (Å²) < 4.78 is 0. The van der Waals surface area contributed by atoms with Gasteiger partial charge in [0.15, 0.2) is 5.78 Å². The molecule has 0 radical (unpaired) electrons.